The molecule has 6 nitrogen and oxygen atoms in total. The molecular formula is C11H15N3O3. The SMILES string of the molecule is Cc1nc(OC2CCNCC2)ccc1[N+](=O)[O-]. The summed E-state index contributed by atoms with van der Waals surface area (Å²) in [6, 6.07) is 3.01. The lowest BCUT2D eigenvalue weighted by Crippen LogP contribution is -2.34. The zero-order chi connectivity index (χ0) is 12.3. The largest absolute Gasteiger partial charge is 0.474 e. The second-order valence-corrected chi connectivity index (χ2v) is 4.08. The van der Waals surface area contributed by atoms with Gasteiger partial charge in [0.05, 0.1) is 4.92 Å². The van der Waals surface area contributed by atoms with Gasteiger partial charge in [0.25, 0.3) is 5.69 Å². The monoisotopic (exact) mass is 237 g/mol. The first kappa shape index (κ1) is 11.8. The molecule has 1 aliphatic heterocycles. The van der Waals surface area contributed by atoms with Crippen molar-refractivity contribution in [1.82, 2.24) is 10.3 Å². The van der Waals surface area contributed by atoms with Crippen LogP contribution in [0.15, 0.2) is 12.1 Å². The van der Waals surface area contributed by atoms with Gasteiger partial charge in [-0.15, -0.1) is 0 Å². The molecule has 1 aromatic rings. The van der Waals surface area contributed by atoms with E-state index in [1.165, 1.54) is 6.07 Å². The van der Waals surface area contributed by atoms with Crippen molar-refractivity contribution in [3.8, 4) is 5.88 Å². The van der Waals surface area contributed by atoms with Gasteiger partial charge in [-0.2, -0.15) is 0 Å². The average molecular weight is 237 g/mol. The van der Waals surface area contributed by atoms with Crippen molar-refractivity contribution < 1.29 is 9.66 Å². The number of hydrogen-bond acceptors (Lipinski definition) is 5. The minimum atomic E-state index is -0.434. The van der Waals surface area contributed by atoms with Crippen molar-refractivity contribution in [2.24, 2.45) is 0 Å². The maximum atomic E-state index is 10.6. The van der Waals surface area contributed by atoms with Crippen LogP contribution in [-0.2, 0) is 0 Å². The summed E-state index contributed by atoms with van der Waals surface area (Å²) in [5, 5.41) is 13.9. The summed E-state index contributed by atoms with van der Waals surface area (Å²) in [6.07, 6.45) is 2.04. The van der Waals surface area contributed by atoms with Crippen molar-refractivity contribution in [3.63, 3.8) is 0 Å². The normalized spacial score (nSPS) is 16.8. The molecule has 1 aliphatic rings. The van der Waals surface area contributed by atoms with Crippen molar-refractivity contribution in [1.29, 1.82) is 0 Å². The van der Waals surface area contributed by atoms with Crippen molar-refractivity contribution in [2.75, 3.05) is 13.1 Å². The van der Waals surface area contributed by atoms with Crippen LogP contribution in [-0.4, -0.2) is 29.1 Å². The Morgan fingerprint density at radius 2 is 2.18 bits per heavy atom. The fourth-order valence-electron chi connectivity index (χ4n) is 1.87. The molecule has 0 bridgehead atoms. The first-order valence-electron chi connectivity index (χ1n) is 5.66. The van der Waals surface area contributed by atoms with E-state index in [2.05, 4.69) is 10.3 Å². The number of ether oxygens (including phenoxy) is 1. The van der Waals surface area contributed by atoms with E-state index in [0.29, 0.717) is 11.6 Å². The minimum absolute atomic E-state index is 0.0302. The lowest BCUT2D eigenvalue weighted by molar-refractivity contribution is -0.385. The molecule has 0 atom stereocenters. The zero-order valence-corrected chi connectivity index (χ0v) is 9.68. The Morgan fingerprint density at radius 1 is 1.47 bits per heavy atom. The Bertz CT molecular complexity index is 416. The molecule has 0 amide bonds. The van der Waals surface area contributed by atoms with Crippen LogP contribution < -0.4 is 10.1 Å². The zero-order valence-electron chi connectivity index (χ0n) is 9.68. The molecule has 17 heavy (non-hydrogen) atoms. The first-order chi connectivity index (χ1) is 8.16. The molecule has 0 aromatic carbocycles. The van der Waals surface area contributed by atoms with Crippen LogP contribution in [0.2, 0.25) is 0 Å². The molecule has 0 aliphatic carbocycles. The molecule has 1 aromatic heterocycles. The fraction of sp³-hybridized carbons (Fsp3) is 0.545. The number of aromatic nitrogens is 1. The minimum Gasteiger partial charge on any atom is -0.474 e. The van der Waals surface area contributed by atoms with Crippen molar-refractivity contribution in [2.45, 2.75) is 25.9 Å². The number of piperidine rings is 1. The summed E-state index contributed by atoms with van der Waals surface area (Å²) in [5.41, 5.74) is 0.420. The molecule has 0 spiro atoms. The lowest BCUT2D eigenvalue weighted by atomic mass is 10.1. The third-order valence-corrected chi connectivity index (χ3v) is 2.80. The lowest BCUT2D eigenvalue weighted by Gasteiger charge is -2.23. The Morgan fingerprint density at radius 3 is 2.76 bits per heavy atom. The molecule has 1 saturated heterocycles. The van der Waals surface area contributed by atoms with Crippen LogP contribution in [0.1, 0.15) is 18.5 Å². The maximum absolute atomic E-state index is 10.6. The van der Waals surface area contributed by atoms with Gasteiger partial charge in [-0.1, -0.05) is 0 Å². The highest BCUT2D eigenvalue weighted by Gasteiger charge is 2.17. The van der Waals surface area contributed by atoms with E-state index in [0.717, 1.165) is 25.9 Å². The summed E-state index contributed by atoms with van der Waals surface area (Å²) in [4.78, 5) is 14.3. The van der Waals surface area contributed by atoms with Gasteiger partial charge in [-0.05, 0) is 32.9 Å². The summed E-state index contributed by atoms with van der Waals surface area (Å²) < 4.78 is 5.70. The number of pyridine rings is 1. The van der Waals surface area contributed by atoms with E-state index in [1.807, 2.05) is 0 Å². The number of rotatable bonds is 3. The highest BCUT2D eigenvalue weighted by Crippen LogP contribution is 2.21. The summed E-state index contributed by atoms with van der Waals surface area (Å²) in [7, 11) is 0. The third-order valence-electron chi connectivity index (χ3n) is 2.80. The quantitative estimate of drug-likeness (QED) is 0.635. The highest BCUT2D eigenvalue weighted by atomic mass is 16.6. The van der Waals surface area contributed by atoms with Gasteiger partial charge in [0.2, 0.25) is 5.88 Å². The molecule has 1 N–H and O–H groups in total. The number of nitrogens with one attached hydrogen (secondary N) is 1. The summed E-state index contributed by atoms with van der Waals surface area (Å²) >= 11 is 0. The molecular weight excluding hydrogens is 222 g/mol. The topological polar surface area (TPSA) is 77.3 Å². The van der Waals surface area contributed by atoms with Gasteiger partial charge in [0.1, 0.15) is 11.8 Å². The molecule has 0 unspecified atom stereocenters. The number of nitro groups is 1. The smallest absolute Gasteiger partial charge is 0.290 e. The first-order valence-corrected chi connectivity index (χ1v) is 5.66. The van der Waals surface area contributed by atoms with Crippen LogP contribution in [0.4, 0.5) is 5.69 Å². The van der Waals surface area contributed by atoms with Gasteiger partial charge in [-0.3, -0.25) is 10.1 Å². The van der Waals surface area contributed by atoms with Gasteiger partial charge in [0.15, 0.2) is 0 Å². The van der Waals surface area contributed by atoms with E-state index >= 15 is 0 Å². The predicted molar refractivity (Wildman–Crippen MR) is 62.1 cm³/mol. The van der Waals surface area contributed by atoms with E-state index < -0.39 is 4.92 Å². The molecule has 2 heterocycles. The van der Waals surface area contributed by atoms with Crippen LogP contribution in [0.5, 0.6) is 5.88 Å². The Labute approximate surface area is 99.2 Å². The highest BCUT2D eigenvalue weighted by molar-refractivity contribution is 5.36. The van der Waals surface area contributed by atoms with Gasteiger partial charge in [0, 0.05) is 12.1 Å². The molecule has 6 heteroatoms. The molecule has 0 radical (unpaired) electrons. The Hall–Kier alpha value is -1.69. The number of aryl methyl sites for hydroxylation is 1. The van der Waals surface area contributed by atoms with Crippen molar-refractivity contribution >= 4 is 5.69 Å². The fourth-order valence-corrected chi connectivity index (χ4v) is 1.87. The standard InChI is InChI=1S/C11H15N3O3/c1-8-10(14(15)16)2-3-11(13-8)17-9-4-6-12-7-5-9/h2-3,9,12H,4-7H2,1H3. The van der Waals surface area contributed by atoms with E-state index in [4.69, 9.17) is 4.74 Å². The molecule has 92 valence electrons. The predicted octanol–water partition coefficient (Wildman–Crippen LogP) is 1.43. The van der Waals surface area contributed by atoms with E-state index in [-0.39, 0.29) is 11.8 Å². The maximum Gasteiger partial charge on any atom is 0.290 e. The van der Waals surface area contributed by atoms with Gasteiger partial charge in [-0.25, -0.2) is 4.98 Å². The average Bonchev–Trinajstić information content (AvgIpc) is 2.30. The number of hydrogen-bond donors (Lipinski definition) is 1. The molecule has 1 fully saturated rings. The van der Waals surface area contributed by atoms with Crippen LogP contribution in [0.25, 0.3) is 0 Å². The summed E-state index contributed by atoms with van der Waals surface area (Å²) in [5.74, 6) is 0.472. The second kappa shape index (κ2) is 5.09. The van der Waals surface area contributed by atoms with E-state index in [1.54, 1.807) is 13.0 Å². The van der Waals surface area contributed by atoms with Crippen molar-refractivity contribution in [3.05, 3.63) is 27.9 Å². The number of nitrogens with zero attached hydrogens (tertiary/aromatic N) is 2. The van der Waals surface area contributed by atoms with Gasteiger partial charge >= 0.3 is 0 Å². The van der Waals surface area contributed by atoms with Gasteiger partial charge < -0.3 is 10.1 Å². The third kappa shape index (κ3) is 2.91. The van der Waals surface area contributed by atoms with E-state index in [9.17, 15) is 10.1 Å². The molecule has 0 saturated carbocycles. The van der Waals surface area contributed by atoms with Crippen LogP contribution >= 0.6 is 0 Å². The Balaban J connectivity index is 2.06. The summed E-state index contributed by atoms with van der Waals surface area (Å²) in [6.45, 7) is 3.50. The second-order valence-electron chi connectivity index (χ2n) is 4.08. The Kier molecular flexibility index (Phi) is 3.53. The van der Waals surface area contributed by atoms with Crippen LogP contribution in [0.3, 0.4) is 0 Å². The molecule has 2 rings (SSSR count). The van der Waals surface area contributed by atoms with Crippen LogP contribution in [0, 0.1) is 17.0 Å².